The molecule has 0 aliphatic heterocycles. The Labute approximate surface area is 178 Å². The molecule has 0 bridgehead atoms. The molecule has 0 spiro atoms. The molecular formula is C25H29N5. The summed E-state index contributed by atoms with van der Waals surface area (Å²) < 4.78 is 3.99. The highest BCUT2D eigenvalue weighted by molar-refractivity contribution is 5.63. The number of nitrogens with zero attached hydrogens (tertiary/aromatic N) is 4. The Bertz CT molecular complexity index is 1120. The fourth-order valence-corrected chi connectivity index (χ4v) is 3.79. The van der Waals surface area contributed by atoms with Crippen molar-refractivity contribution in [2.45, 2.75) is 40.4 Å². The Morgan fingerprint density at radius 1 is 0.867 bits per heavy atom. The molecule has 2 aromatic heterocycles. The van der Waals surface area contributed by atoms with Crippen LogP contribution in [0.3, 0.4) is 0 Å². The molecule has 0 unspecified atom stereocenters. The quantitative estimate of drug-likeness (QED) is 0.496. The number of hydrogen-bond donors (Lipinski definition) is 1. The summed E-state index contributed by atoms with van der Waals surface area (Å²) in [5.41, 5.74) is 9.46. The first-order valence-corrected chi connectivity index (χ1v) is 10.4. The van der Waals surface area contributed by atoms with Crippen molar-refractivity contribution in [2.24, 2.45) is 7.05 Å². The average molecular weight is 400 g/mol. The average Bonchev–Trinajstić information content (AvgIpc) is 3.24. The third-order valence-corrected chi connectivity index (χ3v) is 5.63. The lowest BCUT2D eigenvalue weighted by atomic mass is 10.1. The molecule has 154 valence electrons. The van der Waals surface area contributed by atoms with Gasteiger partial charge in [-0.25, -0.2) is 0 Å². The number of aromatic nitrogens is 4. The second kappa shape index (κ2) is 8.67. The first kappa shape index (κ1) is 20.1. The van der Waals surface area contributed by atoms with Crippen LogP contribution in [0.1, 0.15) is 33.6 Å². The number of hydrogen-bond acceptors (Lipinski definition) is 3. The van der Waals surface area contributed by atoms with Gasteiger partial charge in [-0.1, -0.05) is 60.2 Å². The van der Waals surface area contributed by atoms with Gasteiger partial charge in [0.25, 0.3) is 0 Å². The van der Waals surface area contributed by atoms with E-state index in [4.69, 9.17) is 5.10 Å². The zero-order chi connectivity index (χ0) is 21.1. The molecule has 2 aromatic carbocycles. The minimum absolute atomic E-state index is 0.756. The maximum atomic E-state index is 4.93. The summed E-state index contributed by atoms with van der Waals surface area (Å²) in [5.74, 6) is 0. The monoisotopic (exact) mass is 399 g/mol. The van der Waals surface area contributed by atoms with Crippen molar-refractivity contribution in [3.8, 4) is 11.3 Å². The van der Waals surface area contributed by atoms with Crippen LogP contribution in [0, 0.1) is 20.8 Å². The van der Waals surface area contributed by atoms with Crippen molar-refractivity contribution in [1.29, 1.82) is 0 Å². The number of aryl methyl sites for hydroxylation is 3. The predicted molar refractivity (Wildman–Crippen MR) is 121 cm³/mol. The summed E-state index contributed by atoms with van der Waals surface area (Å²) >= 11 is 0. The molecule has 0 fully saturated rings. The number of benzene rings is 2. The minimum Gasteiger partial charge on any atom is -0.308 e. The molecule has 0 saturated heterocycles. The standard InChI is InChI=1S/C25H29N5/c1-18-10-12-22(13-11-18)25-23(14-26-15-24-19(2)27-29(4)20(24)3)17-30(28-25)16-21-8-6-5-7-9-21/h5-13,17,26H,14-16H2,1-4H3. The highest BCUT2D eigenvalue weighted by atomic mass is 15.3. The largest absolute Gasteiger partial charge is 0.308 e. The Hall–Kier alpha value is -3.18. The van der Waals surface area contributed by atoms with Crippen LogP contribution in [-0.4, -0.2) is 19.6 Å². The lowest BCUT2D eigenvalue weighted by molar-refractivity contribution is 0.674. The van der Waals surface area contributed by atoms with E-state index < -0.39 is 0 Å². The highest BCUT2D eigenvalue weighted by Gasteiger charge is 2.13. The summed E-state index contributed by atoms with van der Waals surface area (Å²) in [6.45, 7) is 8.61. The van der Waals surface area contributed by atoms with Crippen LogP contribution in [0.2, 0.25) is 0 Å². The van der Waals surface area contributed by atoms with Crippen molar-refractivity contribution in [1.82, 2.24) is 24.9 Å². The lowest BCUT2D eigenvalue weighted by Crippen LogP contribution is -2.14. The molecule has 30 heavy (non-hydrogen) atoms. The van der Waals surface area contributed by atoms with Gasteiger partial charge in [-0.3, -0.25) is 9.36 Å². The van der Waals surface area contributed by atoms with E-state index in [1.165, 1.54) is 27.9 Å². The molecular weight excluding hydrogens is 370 g/mol. The van der Waals surface area contributed by atoms with Crippen molar-refractivity contribution < 1.29 is 0 Å². The first-order valence-electron chi connectivity index (χ1n) is 10.4. The normalized spacial score (nSPS) is 11.2. The summed E-state index contributed by atoms with van der Waals surface area (Å²) in [6.07, 6.45) is 2.16. The maximum absolute atomic E-state index is 4.93. The molecule has 5 nitrogen and oxygen atoms in total. The van der Waals surface area contributed by atoms with Crippen LogP contribution in [0.25, 0.3) is 11.3 Å². The predicted octanol–water partition coefficient (Wildman–Crippen LogP) is 4.55. The van der Waals surface area contributed by atoms with Crippen LogP contribution in [0.15, 0.2) is 60.8 Å². The zero-order valence-corrected chi connectivity index (χ0v) is 18.2. The van der Waals surface area contributed by atoms with Gasteiger partial charge >= 0.3 is 0 Å². The van der Waals surface area contributed by atoms with Gasteiger partial charge in [0.15, 0.2) is 0 Å². The van der Waals surface area contributed by atoms with E-state index >= 15 is 0 Å². The smallest absolute Gasteiger partial charge is 0.0968 e. The maximum Gasteiger partial charge on any atom is 0.0968 e. The first-order chi connectivity index (χ1) is 14.5. The van der Waals surface area contributed by atoms with Gasteiger partial charge in [0.05, 0.1) is 17.9 Å². The van der Waals surface area contributed by atoms with Gasteiger partial charge in [0, 0.05) is 48.7 Å². The van der Waals surface area contributed by atoms with E-state index in [1.807, 2.05) is 22.5 Å². The molecule has 0 radical (unpaired) electrons. The van der Waals surface area contributed by atoms with E-state index in [0.717, 1.165) is 36.6 Å². The van der Waals surface area contributed by atoms with Gasteiger partial charge < -0.3 is 5.32 Å². The van der Waals surface area contributed by atoms with Crippen molar-refractivity contribution >= 4 is 0 Å². The third kappa shape index (κ3) is 4.36. The Balaban J connectivity index is 1.57. The van der Waals surface area contributed by atoms with Crippen molar-refractivity contribution in [3.63, 3.8) is 0 Å². The molecule has 0 amide bonds. The molecule has 2 heterocycles. The molecule has 1 N–H and O–H groups in total. The summed E-state index contributed by atoms with van der Waals surface area (Å²) in [6, 6.07) is 19.1. The van der Waals surface area contributed by atoms with E-state index in [9.17, 15) is 0 Å². The van der Waals surface area contributed by atoms with Crippen LogP contribution >= 0.6 is 0 Å². The SMILES string of the molecule is Cc1ccc(-c2nn(Cc3ccccc3)cc2CNCc2c(C)nn(C)c2C)cc1. The minimum atomic E-state index is 0.756. The van der Waals surface area contributed by atoms with E-state index in [-0.39, 0.29) is 0 Å². The fourth-order valence-electron chi connectivity index (χ4n) is 3.79. The molecule has 4 aromatic rings. The second-order valence-corrected chi connectivity index (χ2v) is 7.93. The Kier molecular flexibility index (Phi) is 5.81. The molecule has 4 rings (SSSR count). The van der Waals surface area contributed by atoms with E-state index in [0.29, 0.717) is 0 Å². The topological polar surface area (TPSA) is 47.7 Å². The fraction of sp³-hybridized carbons (Fsp3) is 0.280. The van der Waals surface area contributed by atoms with Crippen LogP contribution < -0.4 is 5.32 Å². The number of nitrogens with one attached hydrogen (secondary N) is 1. The zero-order valence-electron chi connectivity index (χ0n) is 18.2. The van der Waals surface area contributed by atoms with Gasteiger partial charge in [-0.2, -0.15) is 10.2 Å². The summed E-state index contributed by atoms with van der Waals surface area (Å²) in [4.78, 5) is 0. The third-order valence-electron chi connectivity index (χ3n) is 5.63. The lowest BCUT2D eigenvalue weighted by Gasteiger charge is -2.06. The highest BCUT2D eigenvalue weighted by Crippen LogP contribution is 2.23. The molecule has 0 atom stereocenters. The summed E-state index contributed by atoms with van der Waals surface area (Å²) in [5, 5.41) is 13.1. The van der Waals surface area contributed by atoms with Crippen LogP contribution in [-0.2, 0) is 26.7 Å². The number of rotatable bonds is 7. The second-order valence-electron chi connectivity index (χ2n) is 7.93. The Morgan fingerprint density at radius 2 is 1.60 bits per heavy atom. The molecule has 0 aliphatic rings. The van der Waals surface area contributed by atoms with E-state index in [2.05, 4.69) is 85.9 Å². The van der Waals surface area contributed by atoms with E-state index in [1.54, 1.807) is 0 Å². The molecule has 5 heteroatoms. The molecule has 0 aliphatic carbocycles. The van der Waals surface area contributed by atoms with Gasteiger partial charge in [-0.05, 0) is 26.3 Å². The van der Waals surface area contributed by atoms with Crippen molar-refractivity contribution in [3.05, 3.63) is 94.4 Å². The molecule has 0 saturated carbocycles. The van der Waals surface area contributed by atoms with Gasteiger partial charge in [0.2, 0.25) is 0 Å². The van der Waals surface area contributed by atoms with Crippen LogP contribution in [0.5, 0.6) is 0 Å². The summed E-state index contributed by atoms with van der Waals surface area (Å²) in [7, 11) is 1.99. The van der Waals surface area contributed by atoms with Gasteiger partial charge in [0.1, 0.15) is 0 Å². The van der Waals surface area contributed by atoms with Crippen LogP contribution in [0.4, 0.5) is 0 Å². The van der Waals surface area contributed by atoms with Gasteiger partial charge in [-0.15, -0.1) is 0 Å². The Morgan fingerprint density at radius 3 is 2.27 bits per heavy atom. The van der Waals surface area contributed by atoms with Crippen molar-refractivity contribution in [2.75, 3.05) is 0 Å².